The van der Waals surface area contributed by atoms with E-state index in [9.17, 15) is 13.2 Å². The highest BCUT2D eigenvalue weighted by Crippen LogP contribution is 2.25. The predicted octanol–water partition coefficient (Wildman–Crippen LogP) is 2.58. The van der Waals surface area contributed by atoms with Gasteiger partial charge in [0.2, 0.25) is 0 Å². The number of anilines is 1. The van der Waals surface area contributed by atoms with Gasteiger partial charge >= 0.3 is 0 Å². The maximum Gasteiger partial charge on any atom is 0.261 e. The molecule has 2 aromatic carbocycles. The molecule has 0 aromatic heterocycles. The Labute approximate surface area is 158 Å². The van der Waals surface area contributed by atoms with Crippen molar-refractivity contribution in [2.45, 2.75) is 11.3 Å². The molecule has 0 spiro atoms. The molecule has 8 heteroatoms. The molecule has 2 aromatic rings. The number of benzene rings is 2. The number of sulfonamides is 1. The SMILES string of the molecule is O=C(c1ccc(Cl)cc1NS(=O)(=O)c1ccccc1)N1CCCNCC1. The number of hydrogen-bond acceptors (Lipinski definition) is 4. The fraction of sp³-hybridized carbons (Fsp3) is 0.278. The van der Waals surface area contributed by atoms with E-state index in [1.165, 1.54) is 18.2 Å². The van der Waals surface area contributed by atoms with E-state index < -0.39 is 10.0 Å². The number of carbonyl (C=O) groups excluding carboxylic acids is 1. The standard InChI is InChI=1S/C18H20ClN3O3S/c19-14-7-8-16(18(23)22-11-4-9-20-10-12-22)17(13-14)21-26(24,25)15-5-2-1-3-6-15/h1-3,5-8,13,20-21H,4,9-12H2. The molecule has 2 N–H and O–H groups in total. The van der Waals surface area contributed by atoms with Gasteiger partial charge in [-0.15, -0.1) is 0 Å². The first kappa shape index (κ1) is 18.7. The molecule has 1 heterocycles. The van der Waals surface area contributed by atoms with Crippen LogP contribution in [0.4, 0.5) is 5.69 Å². The average molecular weight is 394 g/mol. The van der Waals surface area contributed by atoms with Gasteiger partial charge < -0.3 is 10.2 Å². The van der Waals surface area contributed by atoms with Crippen LogP contribution in [0.3, 0.4) is 0 Å². The van der Waals surface area contributed by atoms with E-state index in [1.54, 1.807) is 35.2 Å². The van der Waals surface area contributed by atoms with E-state index in [0.717, 1.165) is 13.0 Å². The molecule has 1 amide bonds. The number of rotatable bonds is 4. The molecule has 1 aliphatic rings. The summed E-state index contributed by atoms with van der Waals surface area (Å²) in [6.07, 6.45) is 0.852. The molecule has 1 saturated heterocycles. The van der Waals surface area contributed by atoms with Crippen molar-refractivity contribution in [2.24, 2.45) is 0 Å². The Hall–Kier alpha value is -2.09. The van der Waals surface area contributed by atoms with Gasteiger partial charge in [0.05, 0.1) is 16.1 Å². The summed E-state index contributed by atoms with van der Waals surface area (Å²) in [5.41, 5.74) is 0.472. The number of carbonyl (C=O) groups is 1. The minimum atomic E-state index is -3.82. The van der Waals surface area contributed by atoms with Crippen LogP contribution in [0.25, 0.3) is 0 Å². The first-order valence-corrected chi connectivity index (χ1v) is 10.2. The molecule has 0 bridgehead atoms. The maximum absolute atomic E-state index is 12.9. The molecular weight excluding hydrogens is 374 g/mol. The Morgan fingerprint density at radius 3 is 2.62 bits per heavy atom. The van der Waals surface area contributed by atoms with Crippen molar-refractivity contribution in [2.75, 3.05) is 30.9 Å². The van der Waals surface area contributed by atoms with Gasteiger partial charge in [0, 0.05) is 24.7 Å². The van der Waals surface area contributed by atoms with E-state index in [-0.39, 0.29) is 22.1 Å². The second kappa shape index (κ2) is 8.07. The summed E-state index contributed by atoms with van der Waals surface area (Å²) in [5, 5.41) is 3.59. The second-order valence-electron chi connectivity index (χ2n) is 6.00. The molecular formula is C18H20ClN3O3S. The van der Waals surface area contributed by atoms with Gasteiger partial charge in [-0.2, -0.15) is 0 Å². The van der Waals surface area contributed by atoms with Crippen LogP contribution in [0.2, 0.25) is 5.02 Å². The highest BCUT2D eigenvalue weighted by molar-refractivity contribution is 7.92. The minimum Gasteiger partial charge on any atom is -0.337 e. The van der Waals surface area contributed by atoms with Crippen molar-refractivity contribution in [1.82, 2.24) is 10.2 Å². The first-order chi connectivity index (χ1) is 12.5. The van der Waals surface area contributed by atoms with E-state index in [2.05, 4.69) is 10.0 Å². The topological polar surface area (TPSA) is 78.5 Å². The number of nitrogens with one attached hydrogen (secondary N) is 2. The second-order valence-corrected chi connectivity index (χ2v) is 8.12. The fourth-order valence-electron chi connectivity index (χ4n) is 2.81. The van der Waals surface area contributed by atoms with Gasteiger partial charge in [0.1, 0.15) is 0 Å². The van der Waals surface area contributed by atoms with Crippen LogP contribution in [0.5, 0.6) is 0 Å². The Bertz CT molecular complexity index is 880. The molecule has 0 aliphatic carbocycles. The first-order valence-electron chi connectivity index (χ1n) is 8.35. The average Bonchev–Trinajstić information content (AvgIpc) is 2.91. The van der Waals surface area contributed by atoms with Gasteiger partial charge in [-0.25, -0.2) is 8.42 Å². The normalized spacial score (nSPS) is 15.3. The van der Waals surface area contributed by atoms with Crippen molar-refractivity contribution in [3.63, 3.8) is 0 Å². The zero-order valence-corrected chi connectivity index (χ0v) is 15.7. The van der Waals surface area contributed by atoms with Crippen molar-refractivity contribution in [3.8, 4) is 0 Å². The summed E-state index contributed by atoms with van der Waals surface area (Å²) in [7, 11) is -3.82. The van der Waals surface area contributed by atoms with E-state index in [0.29, 0.717) is 24.7 Å². The lowest BCUT2D eigenvalue weighted by molar-refractivity contribution is 0.0767. The minimum absolute atomic E-state index is 0.123. The molecule has 138 valence electrons. The predicted molar refractivity (Wildman–Crippen MR) is 102 cm³/mol. The molecule has 0 radical (unpaired) electrons. The summed E-state index contributed by atoms with van der Waals surface area (Å²) in [5.74, 6) is -0.212. The Morgan fingerprint density at radius 2 is 1.85 bits per heavy atom. The van der Waals surface area contributed by atoms with Gasteiger partial charge in [-0.05, 0) is 43.3 Å². The van der Waals surface area contributed by atoms with Gasteiger partial charge in [0.15, 0.2) is 0 Å². The van der Waals surface area contributed by atoms with Crippen molar-refractivity contribution in [3.05, 3.63) is 59.1 Å². The zero-order chi connectivity index (χ0) is 18.6. The summed E-state index contributed by atoms with van der Waals surface area (Å²) in [4.78, 5) is 14.8. The lowest BCUT2D eigenvalue weighted by atomic mass is 10.1. The molecule has 0 atom stereocenters. The van der Waals surface area contributed by atoms with Gasteiger partial charge in [-0.3, -0.25) is 9.52 Å². The fourth-order valence-corrected chi connectivity index (χ4v) is 4.07. The van der Waals surface area contributed by atoms with Gasteiger partial charge in [-0.1, -0.05) is 29.8 Å². The Balaban J connectivity index is 1.92. The third-order valence-electron chi connectivity index (χ3n) is 4.14. The summed E-state index contributed by atoms with van der Waals surface area (Å²) < 4.78 is 27.8. The van der Waals surface area contributed by atoms with E-state index >= 15 is 0 Å². The van der Waals surface area contributed by atoms with Crippen molar-refractivity contribution >= 4 is 33.2 Å². The maximum atomic E-state index is 12.9. The van der Waals surface area contributed by atoms with Crippen LogP contribution in [0.1, 0.15) is 16.8 Å². The quantitative estimate of drug-likeness (QED) is 0.836. The lowest BCUT2D eigenvalue weighted by Gasteiger charge is -2.22. The molecule has 26 heavy (non-hydrogen) atoms. The summed E-state index contributed by atoms with van der Waals surface area (Å²) >= 11 is 6.04. The van der Waals surface area contributed by atoms with E-state index in [4.69, 9.17) is 11.6 Å². The Kier molecular flexibility index (Phi) is 5.80. The zero-order valence-electron chi connectivity index (χ0n) is 14.1. The van der Waals surface area contributed by atoms with E-state index in [1.807, 2.05) is 0 Å². The highest BCUT2D eigenvalue weighted by atomic mass is 35.5. The van der Waals surface area contributed by atoms with Crippen LogP contribution in [-0.2, 0) is 10.0 Å². The smallest absolute Gasteiger partial charge is 0.261 e. The Morgan fingerprint density at radius 1 is 1.08 bits per heavy atom. The number of amides is 1. The van der Waals surface area contributed by atoms with Crippen LogP contribution in [0, 0.1) is 0 Å². The third kappa shape index (κ3) is 4.35. The number of hydrogen-bond donors (Lipinski definition) is 2. The number of nitrogens with zero attached hydrogens (tertiary/aromatic N) is 1. The van der Waals surface area contributed by atoms with Crippen LogP contribution in [-0.4, -0.2) is 45.4 Å². The summed E-state index contributed by atoms with van der Waals surface area (Å²) in [6.45, 7) is 2.77. The largest absolute Gasteiger partial charge is 0.337 e. The molecule has 1 aliphatic heterocycles. The number of halogens is 1. The van der Waals surface area contributed by atoms with Crippen molar-refractivity contribution in [1.29, 1.82) is 0 Å². The summed E-state index contributed by atoms with van der Waals surface area (Å²) in [6, 6.07) is 12.6. The third-order valence-corrected chi connectivity index (χ3v) is 5.75. The highest BCUT2D eigenvalue weighted by Gasteiger charge is 2.23. The van der Waals surface area contributed by atoms with Crippen molar-refractivity contribution < 1.29 is 13.2 Å². The van der Waals surface area contributed by atoms with Crippen LogP contribution in [0.15, 0.2) is 53.4 Å². The van der Waals surface area contributed by atoms with Gasteiger partial charge in [0.25, 0.3) is 15.9 Å². The molecule has 0 saturated carbocycles. The molecule has 6 nitrogen and oxygen atoms in total. The molecule has 1 fully saturated rings. The van der Waals surface area contributed by atoms with Crippen LogP contribution >= 0.6 is 11.6 Å². The molecule has 0 unspecified atom stereocenters. The molecule has 3 rings (SSSR count). The van der Waals surface area contributed by atoms with Crippen LogP contribution < -0.4 is 10.0 Å². The lowest BCUT2D eigenvalue weighted by Crippen LogP contribution is -2.34. The monoisotopic (exact) mass is 393 g/mol.